The molecule has 1 N–H and O–H groups in total. The van der Waals surface area contributed by atoms with Crippen molar-refractivity contribution in [2.24, 2.45) is 0 Å². The molecule has 29 heavy (non-hydrogen) atoms. The van der Waals surface area contributed by atoms with Gasteiger partial charge in [0.15, 0.2) is 5.69 Å². The maximum atomic E-state index is 12.9. The Hall–Kier alpha value is -3.31. The molecule has 1 aromatic carbocycles. The SMILES string of the molecule is CS(=O)(=O)c1nc(C(=O)NS(=O)(=O)c2cccc3cnccc23)c2ccccn12. The van der Waals surface area contributed by atoms with Gasteiger partial charge in [-0.05, 0) is 24.3 Å². The number of nitrogens with one attached hydrogen (secondary N) is 1. The highest BCUT2D eigenvalue weighted by atomic mass is 32.2. The van der Waals surface area contributed by atoms with Gasteiger partial charge in [0.05, 0.1) is 10.4 Å². The van der Waals surface area contributed by atoms with Crippen molar-refractivity contribution < 1.29 is 21.6 Å². The van der Waals surface area contributed by atoms with Gasteiger partial charge in [0.2, 0.25) is 15.0 Å². The van der Waals surface area contributed by atoms with Crippen molar-refractivity contribution in [1.29, 1.82) is 0 Å². The number of fused-ring (bicyclic) bond motifs is 2. The van der Waals surface area contributed by atoms with E-state index in [0.29, 0.717) is 10.8 Å². The van der Waals surface area contributed by atoms with Gasteiger partial charge in [-0.2, -0.15) is 0 Å². The summed E-state index contributed by atoms with van der Waals surface area (Å²) in [5.74, 6) is -1.03. The normalized spacial score (nSPS) is 12.3. The summed E-state index contributed by atoms with van der Waals surface area (Å²) in [6.45, 7) is 0. The number of nitrogens with zero attached hydrogens (tertiary/aromatic N) is 3. The van der Waals surface area contributed by atoms with Crippen molar-refractivity contribution in [3.63, 3.8) is 0 Å². The summed E-state index contributed by atoms with van der Waals surface area (Å²) < 4.78 is 52.9. The van der Waals surface area contributed by atoms with Crippen LogP contribution in [-0.2, 0) is 19.9 Å². The van der Waals surface area contributed by atoms with Gasteiger partial charge in [-0.15, -0.1) is 0 Å². The number of aromatic nitrogens is 3. The van der Waals surface area contributed by atoms with Crippen LogP contribution in [0.25, 0.3) is 16.3 Å². The first-order chi connectivity index (χ1) is 13.7. The minimum Gasteiger partial charge on any atom is -0.290 e. The van der Waals surface area contributed by atoms with Crippen LogP contribution in [0, 0.1) is 0 Å². The lowest BCUT2D eigenvalue weighted by Crippen LogP contribution is -2.31. The van der Waals surface area contributed by atoms with E-state index in [0.717, 1.165) is 6.26 Å². The quantitative estimate of drug-likeness (QED) is 0.518. The second kappa shape index (κ2) is 6.64. The number of benzene rings is 1. The third-order valence-electron chi connectivity index (χ3n) is 4.22. The van der Waals surface area contributed by atoms with Crippen molar-refractivity contribution in [3.05, 3.63) is 66.7 Å². The molecule has 0 unspecified atom stereocenters. The zero-order valence-corrected chi connectivity index (χ0v) is 16.6. The maximum Gasteiger partial charge on any atom is 0.285 e. The number of hydrogen-bond donors (Lipinski definition) is 1. The van der Waals surface area contributed by atoms with Crippen LogP contribution in [0.5, 0.6) is 0 Å². The third kappa shape index (κ3) is 3.34. The highest BCUT2D eigenvalue weighted by Crippen LogP contribution is 2.23. The highest BCUT2D eigenvalue weighted by Gasteiger charge is 2.27. The van der Waals surface area contributed by atoms with Crippen molar-refractivity contribution in [2.45, 2.75) is 10.1 Å². The minimum atomic E-state index is -4.26. The van der Waals surface area contributed by atoms with E-state index >= 15 is 0 Å². The first-order valence-corrected chi connectivity index (χ1v) is 11.6. The van der Waals surface area contributed by atoms with Crippen molar-refractivity contribution in [2.75, 3.05) is 6.26 Å². The molecular formula is C18H14N4O5S2. The third-order valence-corrected chi connectivity index (χ3v) is 6.56. The van der Waals surface area contributed by atoms with E-state index in [1.54, 1.807) is 18.2 Å². The zero-order valence-electron chi connectivity index (χ0n) is 15.0. The summed E-state index contributed by atoms with van der Waals surface area (Å²) in [5, 5.41) is 0.635. The molecule has 3 heterocycles. The summed E-state index contributed by atoms with van der Waals surface area (Å²) in [5.41, 5.74) is -0.140. The summed E-state index contributed by atoms with van der Waals surface area (Å²) in [6.07, 6.45) is 5.35. The van der Waals surface area contributed by atoms with Crippen LogP contribution < -0.4 is 4.72 Å². The molecule has 0 atom stereocenters. The van der Waals surface area contributed by atoms with Gasteiger partial charge in [-0.3, -0.25) is 14.2 Å². The number of pyridine rings is 2. The zero-order chi connectivity index (χ0) is 20.8. The lowest BCUT2D eigenvalue weighted by atomic mass is 10.2. The number of amides is 1. The van der Waals surface area contributed by atoms with Gasteiger partial charge in [-0.25, -0.2) is 26.5 Å². The van der Waals surface area contributed by atoms with Crippen LogP contribution in [0.2, 0.25) is 0 Å². The maximum absolute atomic E-state index is 12.9. The first kappa shape index (κ1) is 19.0. The molecule has 0 bridgehead atoms. The van der Waals surface area contributed by atoms with Crippen molar-refractivity contribution in [3.8, 4) is 0 Å². The topological polar surface area (TPSA) is 128 Å². The lowest BCUT2D eigenvalue weighted by molar-refractivity contribution is 0.0978. The standard InChI is InChI=1S/C18H14N4O5S2/c1-28(24,25)18-20-16(14-6-2-3-10-22(14)18)17(23)21-29(26,27)15-7-4-5-12-11-19-9-8-13(12)15/h2-11H,1H3,(H,21,23). The van der Waals surface area contributed by atoms with Crippen LogP contribution in [-0.4, -0.2) is 43.4 Å². The second-order valence-electron chi connectivity index (χ2n) is 6.26. The molecule has 0 radical (unpaired) electrons. The molecule has 4 aromatic rings. The van der Waals surface area contributed by atoms with Gasteiger partial charge in [-0.1, -0.05) is 18.2 Å². The van der Waals surface area contributed by atoms with Crippen LogP contribution in [0.15, 0.2) is 71.1 Å². The van der Waals surface area contributed by atoms with Gasteiger partial charge in [0.1, 0.15) is 0 Å². The Balaban J connectivity index is 1.80. The number of carbonyl (C=O) groups excluding carboxylic acids is 1. The van der Waals surface area contributed by atoms with E-state index < -0.39 is 25.8 Å². The molecule has 148 valence electrons. The van der Waals surface area contributed by atoms with Crippen molar-refractivity contribution in [1.82, 2.24) is 19.1 Å². The Kier molecular flexibility index (Phi) is 4.35. The summed E-state index contributed by atoms with van der Waals surface area (Å²) in [6, 6.07) is 10.8. The Bertz CT molecular complexity index is 1490. The molecule has 0 aliphatic rings. The highest BCUT2D eigenvalue weighted by molar-refractivity contribution is 7.90. The summed E-state index contributed by atoms with van der Waals surface area (Å²) in [7, 11) is -8.01. The fourth-order valence-corrected chi connectivity index (χ4v) is 4.95. The largest absolute Gasteiger partial charge is 0.290 e. The van der Waals surface area contributed by atoms with E-state index in [-0.39, 0.29) is 21.3 Å². The number of carbonyl (C=O) groups is 1. The number of sulfonamides is 1. The van der Waals surface area contributed by atoms with Crippen LogP contribution in [0.4, 0.5) is 0 Å². The molecular weight excluding hydrogens is 416 g/mol. The summed E-state index contributed by atoms with van der Waals surface area (Å²) >= 11 is 0. The summed E-state index contributed by atoms with van der Waals surface area (Å²) in [4.78, 5) is 20.5. The molecule has 0 aliphatic carbocycles. The predicted octanol–water partition coefficient (Wildman–Crippen LogP) is 1.40. The van der Waals surface area contributed by atoms with E-state index in [1.165, 1.54) is 47.3 Å². The van der Waals surface area contributed by atoms with Crippen LogP contribution >= 0.6 is 0 Å². The molecule has 3 aromatic heterocycles. The van der Waals surface area contributed by atoms with E-state index in [9.17, 15) is 21.6 Å². The second-order valence-corrected chi connectivity index (χ2v) is 9.82. The van der Waals surface area contributed by atoms with Crippen molar-refractivity contribution >= 4 is 42.1 Å². The lowest BCUT2D eigenvalue weighted by Gasteiger charge is -2.08. The molecule has 0 saturated heterocycles. The average molecular weight is 430 g/mol. The van der Waals surface area contributed by atoms with E-state index in [2.05, 4.69) is 9.97 Å². The van der Waals surface area contributed by atoms with E-state index in [4.69, 9.17) is 0 Å². The molecule has 0 saturated carbocycles. The molecule has 1 amide bonds. The van der Waals surface area contributed by atoms with E-state index in [1.807, 2.05) is 4.72 Å². The molecule has 0 spiro atoms. The van der Waals surface area contributed by atoms with Crippen LogP contribution in [0.3, 0.4) is 0 Å². The molecule has 4 rings (SSSR count). The fraction of sp³-hybridized carbons (Fsp3) is 0.0556. The number of sulfone groups is 1. The molecule has 9 nitrogen and oxygen atoms in total. The smallest absolute Gasteiger partial charge is 0.285 e. The molecule has 0 aliphatic heterocycles. The Labute approximate surface area is 166 Å². The van der Waals surface area contributed by atoms with Gasteiger partial charge >= 0.3 is 0 Å². The fourth-order valence-electron chi connectivity index (χ4n) is 2.99. The number of imidazole rings is 1. The monoisotopic (exact) mass is 430 g/mol. The van der Waals surface area contributed by atoms with Gasteiger partial charge in [0.25, 0.3) is 15.9 Å². The number of hydrogen-bond acceptors (Lipinski definition) is 7. The first-order valence-electron chi connectivity index (χ1n) is 8.25. The Morgan fingerprint density at radius 3 is 2.59 bits per heavy atom. The predicted molar refractivity (Wildman–Crippen MR) is 105 cm³/mol. The minimum absolute atomic E-state index is 0.0994. The molecule has 11 heteroatoms. The van der Waals surface area contributed by atoms with Gasteiger partial charge < -0.3 is 0 Å². The van der Waals surface area contributed by atoms with Gasteiger partial charge in [0, 0.05) is 35.6 Å². The average Bonchev–Trinajstić information content (AvgIpc) is 3.07. The molecule has 0 fully saturated rings. The number of rotatable bonds is 4. The van der Waals surface area contributed by atoms with Crippen LogP contribution in [0.1, 0.15) is 10.5 Å². The Morgan fingerprint density at radius 2 is 1.83 bits per heavy atom. The Morgan fingerprint density at radius 1 is 1.03 bits per heavy atom.